The Labute approximate surface area is 181 Å². The van der Waals surface area contributed by atoms with Crippen LogP contribution in [0.2, 0.25) is 5.02 Å². The summed E-state index contributed by atoms with van der Waals surface area (Å²) >= 11 is 5.84. The average molecular weight is 445 g/mol. The van der Waals surface area contributed by atoms with Gasteiger partial charge < -0.3 is 20.4 Å². The molecule has 0 saturated carbocycles. The summed E-state index contributed by atoms with van der Waals surface area (Å²) in [5.41, 5.74) is 1.45. The molecule has 0 atom stereocenters. The largest absolute Gasteiger partial charge is 0.345 e. The molecule has 0 spiro atoms. The van der Waals surface area contributed by atoms with Crippen LogP contribution in [-0.2, 0) is 9.59 Å². The number of amides is 2. The second-order valence-corrected chi connectivity index (χ2v) is 7.19. The third kappa shape index (κ3) is 4.77. The number of aromatic nitrogens is 4. The van der Waals surface area contributed by atoms with Crippen LogP contribution >= 0.6 is 11.6 Å². The molecule has 0 aliphatic carbocycles. The number of fused-ring (bicyclic) bond motifs is 1. The number of hydrogen-bond donors (Lipinski definition) is 2. The van der Waals surface area contributed by atoms with Gasteiger partial charge >= 0.3 is 0 Å². The number of carbonyl (C=O) groups excluding carboxylic acids is 2. The van der Waals surface area contributed by atoms with Gasteiger partial charge in [-0.2, -0.15) is 0 Å². The van der Waals surface area contributed by atoms with Crippen LogP contribution in [0.5, 0.6) is 0 Å². The fourth-order valence-corrected chi connectivity index (χ4v) is 3.27. The predicted molar refractivity (Wildman–Crippen MR) is 113 cm³/mol. The van der Waals surface area contributed by atoms with Crippen LogP contribution in [0.1, 0.15) is 0 Å². The number of rotatable bonds is 6. The standard InChI is InChI=1S/C19H18ClFN8O2/c20-13-7-12(1-2-14(13)21)26-18-17-15(24-10-25-18)8-22-19(27-17)23-9-16(31)29-5-3-28(11-30)4-6-29/h1-2,7-8,10-11H,3-6,9H2,(H,22,23,27)(H,24,25,26). The van der Waals surface area contributed by atoms with Crippen molar-refractivity contribution >= 4 is 52.4 Å². The van der Waals surface area contributed by atoms with E-state index in [-0.39, 0.29) is 23.4 Å². The number of hydrogen-bond acceptors (Lipinski definition) is 8. The highest BCUT2D eigenvalue weighted by atomic mass is 35.5. The highest BCUT2D eigenvalue weighted by Gasteiger charge is 2.20. The summed E-state index contributed by atoms with van der Waals surface area (Å²) in [6.07, 6.45) is 3.66. The highest BCUT2D eigenvalue weighted by molar-refractivity contribution is 6.31. The Morgan fingerprint density at radius 3 is 2.74 bits per heavy atom. The zero-order valence-electron chi connectivity index (χ0n) is 16.3. The number of anilines is 3. The summed E-state index contributed by atoms with van der Waals surface area (Å²) in [7, 11) is 0. The van der Waals surface area contributed by atoms with Crippen LogP contribution < -0.4 is 10.6 Å². The Morgan fingerprint density at radius 1 is 1.19 bits per heavy atom. The molecule has 2 amide bonds. The van der Waals surface area contributed by atoms with Gasteiger partial charge in [0.15, 0.2) is 5.82 Å². The van der Waals surface area contributed by atoms with Crippen molar-refractivity contribution in [3.8, 4) is 0 Å². The molecule has 10 nitrogen and oxygen atoms in total. The molecule has 2 aromatic heterocycles. The van der Waals surface area contributed by atoms with Gasteiger partial charge in [-0.25, -0.2) is 24.3 Å². The van der Waals surface area contributed by atoms with Crippen molar-refractivity contribution in [2.24, 2.45) is 0 Å². The van der Waals surface area contributed by atoms with E-state index in [0.29, 0.717) is 48.7 Å². The Bertz CT molecular complexity index is 1120. The van der Waals surface area contributed by atoms with E-state index in [1.54, 1.807) is 9.80 Å². The molecule has 1 saturated heterocycles. The first-order valence-electron chi connectivity index (χ1n) is 9.44. The number of halogens is 2. The van der Waals surface area contributed by atoms with E-state index in [9.17, 15) is 14.0 Å². The van der Waals surface area contributed by atoms with Crippen molar-refractivity contribution in [2.45, 2.75) is 0 Å². The lowest BCUT2D eigenvalue weighted by molar-refractivity contribution is -0.133. The lowest BCUT2D eigenvalue weighted by Gasteiger charge is -2.32. The van der Waals surface area contributed by atoms with E-state index in [4.69, 9.17) is 11.6 Å². The van der Waals surface area contributed by atoms with E-state index in [1.807, 2.05) is 0 Å². The molecule has 2 N–H and O–H groups in total. The summed E-state index contributed by atoms with van der Waals surface area (Å²) in [4.78, 5) is 43.5. The van der Waals surface area contributed by atoms with Crippen molar-refractivity contribution in [3.63, 3.8) is 0 Å². The van der Waals surface area contributed by atoms with Gasteiger partial charge in [0.25, 0.3) is 0 Å². The fourth-order valence-electron chi connectivity index (χ4n) is 3.08. The molecule has 160 valence electrons. The van der Waals surface area contributed by atoms with Crippen LogP contribution in [0.25, 0.3) is 11.0 Å². The molecule has 3 heterocycles. The van der Waals surface area contributed by atoms with Gasteiger partial charge in [0.05, 0.1) is 17.8 Å². The topological polar surface area (TPSA) is 116 Å². The van der Waals surface area contributed by atoms with E-state index in [0.717, 1.165) is 6.41 Å². The minimum atomic E-state index is -0.522. The first-order valence-corrected chi connectivity index (χ1v) is 9.82. The van der Waals surface area contributed by atoms with Gasteiger partial charge in [-0.15, -0.1) is 0 Å². The van der Waals surface area contributed by atoms with Gasteiger partial charge in [0, 0.05) is 31.9 Å². The third-order valence-electron chi connectivity index (χ3n) is 4.77. The maximum absolute atomic E-state index is 13.4. The van der Waals surface area contributed by atoms with Crippen molar-refractivity contribution < 1.29 is 14.0 Å². The molecule has 0 bridgehead atoms. The zero-order chi connectivity index (χ0) is 21.8. The summed E-state index contributed by atoms with van der Waals surface area (Å²) in [6, 6.07) is 4.21. The van der Waals surface area contributed by atoms with Crippen molar-refractivity contribution in [1.82, 2.24) is 29.7 Å². The van der Waals surface area contributed by atoms with Gasteiger partial charge in [0.2, 0.25) is 18.3 Å². The Morgan fingerprint density at radius 2 is 2.00 bits per heavy atom. The normalized spacial score (nSPS) is 13.9. The quantitative estimate of drug-likeness (QED) is 0.551. The molecule has 1 aromatic carbocycles. The Kier molecular flexibility index (Phi) is 6.03. The summed E-state index contributed by atoms with van der Waals surface area (Å²) in [5.74, 6) is -0.0134. The lowest BCUT2D eigenvalue weighted by Crippen LogP contribution is -2.49. The molecule has 31 heavy (non-hydrogen) atoms. The molecular weight excluding hydrogens is 427 g/mol. The lowest BCUT2D eigenvalue weighted by atomic mass is 10.3. The number of nitrogens with one attached hydrogen (secondary N) is 2. The molecule has 0 radical (unpaired) electrons. The minimum Gasteiger partial charge on any atom is -0.345 e. The summed E-state index contributed by atoms with van der Waals surface area (Å²) in [6.45, 7) is 2.01. The SMILES string of the molecule is O=CN1CCN(C(=O)CNc2ncc3ncnc(Nc4ccc(F)c(Cl)c4)c3n2)CC1. The van der Waals surface area contributed by atoms with Gasteiger partial charge in [0.1, 0.15) is 23.2 Å². The highest BCUT2D eigenvalue weighted by Crippen LogP contribution is 2.25. The van der Waals surface area contributed by atoms with E-state index in [2.05, 4.69) is 30.6 Å². The number of nitrogens with zero attached hydrogens (tertiary/aromatic N) is 6. The van der Waals surface area contributed by atoms with Crippen molar-refractivity contribution in [2.75, 3.05) is 43.4 Å². The molecule has 12 heteroatoms. The predicted octanol–water partition coefficient (Wildman–Crippen LogP) is 1.67. The number of piperazine rings is 1. The first-order chi connectivity index (χ1) is 15.0. The fraction of sp³-hybridized carbons (Fsp3) is 0.263. The molecule has 3 aromatic rings. The molecule has 0 unspecified atom stereocenters. The average Bonchev–Trinajstić information content (AvgIpc) is 2.80. The molecule has 4 rings (SSSR count). The van der Waals surface area contributed by atoms with E-state index < -0.39 is 5.82 Å². The molecule has 1 fully saturated rings. The summed E-state index contributed by atoms with van der Waals surface area (Å²) in [5, 5.41) is 5.94. The minimum absolute atomic E-state index is 0.0105. The number of benzene rings is 1. The van der Waals surface area contributed by atoms with E-state index in [1.165, 1.54) is 30.7 Å². The van der Waals surface area contributed by atoms with Crippen molar-refractivity contribution in [3.05, 3.63) is 41.6 Å². The van der Waals surface area contributed by atoms with Crippen LogP contribution in [0.15, 0.2) is 30.7 Å². The maximum Gasteiger partial charge on any atom is 0.242 e. The Balaban J connectivity index is 1.47. The molecule has 1 aliphatic heterocycles. The van der Waals surface area contributed by atoms with Crippen molar-refractivity contribution in [1.29, 1.82) is 0 Å². The maximum atomic E-state index is 13.4. The smallest absolute Gasteiger partial charge is 0.242 e. The second-order valence-electron chi connectivity index (χ2n) is 6.78. The molecule has 1 aliphatic rings. The first kappa shape index (κ1) is 20.7. The monoisotopic (exact) mass is 444 g/mol. The van der Waals surface area contributed by atoms with Gasteiger partial charge in [-0.1, -0.05) is 11.6 Å². The van der Waals surface area contributed by atoms with Gasteiger partial charge in [-0.05, 0) is 18.2 Å². The van der Waals surface area contributed by atoms with E-state index >= 15 is 0 Å². The van der Waals surface area contributed by atoms with Gasteiger partial charge in [-0.3, -0.25) is 9.59 Å². The van der Waals surface area contributed by atoms with Crippen LogP contribution in [0.4, 0.5) is 21.8 Å². The molecular formula is C19H18ClFN8O2. The number of carbonyl (C=O) groups is 2. The third-order valence-corrected chi connectivity index (χ3v) is 5.06. The Hall–Kier alpha value is -3.60. The zero-order valence-corrected chi connectivity index (χ0v) is 17.0. The van der Waals surface area contributed by atoms with Crippen LogP contribution in [-0.4, -0.2) is 74.8 Å². The van der Waals surface area contributed by atoms with Crippen LogP contribution in [0, 0.1) is 5.82 Å². The summed E-state index contributed by atoms with van der Waals surface area (Å²) < 4.78 is 13.4. The second kappa shape index (κ2) is 9.04. The van der Waals surface area contributed by atoms with Crippen LogP contribution in [0.3, 0.4) is 0 Å².